The Labute approximate surface area is 74.4 Å². The topological polar surface area (TPSA) is 30.0 Å². The normalized spacial score (nSPS) is 12.5. The third kappa shape index (κ3) is 2.58. The van der Waals surface area contributed by atoms with Crippen molar-refractivity contribution in [2.75, 3.05) is 0 Å². The fraction of sp³-hybridized carbons (Fsp3) is 0.250. The van der Waals surface area contributed by atoms with Crippen molar-refractivity contribution in [3.63, 3.8) is 0 Å². The smallest absolute Gasteiger partial charge is 0.141 e. The molecule has 0 bridgehead atoms. The van der Waals surface area contributed by atoms with Gasteiger partial charge in [0.25, 0.3) is 0 Å². The average Bonchev–Trinajstić information content (AvgIpc) is 2.04. The lowest BCUT2D eigenvalue weighted by atomic mass is 10.2. The average molecular weight is 188 g/mol. The third-order valence-corrected chi connectivity index (χ3v) is 1.60. The lowest BCUT2D eigenvalue weighted by Gasteiger charge is -2.00. The Morgan fingerprint density at radius 3 is 3.00 bits per heavy atom. The minimum absolute atomic E-state index is 0.315. The Kier molecular flexibility index (Phi) is 3.17. The third-order valence-electron chi connectivity index (χ3n) is 1.34. The number of hydrogen-bond acceptors (Lipinski definition) is 2. The summed E-state index contributed by atoms with van der Waals surface area (Å²) in [6.07, 6.45) is 3.53. The maximum Gasteiger partial charge on any atom is 0.141 e. The van der Waals surface area contributed by atoms with Crippen LogP contribution in [0.3, 0.4) is 0 Å². The zero-order chi connectivity index (χ0) is 8.97. The van der Waals surface area contributed by atoms with Crippen LogP contribution in [0.1, 0.15) is 5.56 Å². The van der Waals surface area contributed by atoms with E-state index in [0.29, 0.717) is 18.3 Å². The Morgan fingerprint density at radius 2 is 2.42 bits per heavy atom. The minimum atomic E-state index is -0.603. The molecule has 1 unspecified atom stereocenters. The zero-order valence-electron chi connectivity index (χ0n) is 6.21. The summed E-state index contributed by atoms with van der Waals surface area (Å²) >= 11 is 5.53. The molecule has 0 aliphatic heterocycles. The van der Waals surface area contributed by atoms with E-state index in [0.717, 1.165) is 6.20 Å². The molecule has 0 saturated heterocycles. The van der Waals surface area contributed by atoms with Gasteiger partial charge in [-0.25, -0.2) is 4.39 Å². The fourth-order valence-corrected chi connectivity index (χ4v) is 1.02. The monoisotopic (exact) mass is 187 g/mol. The molecule has 0 saturated carbocycles. The van der Waals surface area contributed by atoms with E-state index in [1.165, 1.54) is 12.3 Å². The number of carbonyl (C=O) groups excluding carboxylic acids is 1. The summed E-state index contributed by atoms with van der Waals surface area (Å²) in [6, 6.07) is 1.31. The largest absolute Gasteiger partial charge is 0.302 e. The lowest BCUT2D eigenvalue weighted by molar-refractivity contribution is -0.107. The van der Waals surface area contributed by atoms with Crippen molar-refractivity contribution in [1.29, 1.82) is 0 Å². The van der Waals surface area contributed by atoms with Crippen LogP contribution >= 0.6 is 11.6 Å². The number of halogens is 2. The van der Waals surface area contributed by atoms with Crippen LogP contribution in [0.25, 0.3) is 0 Å². The second kappa shape index (κ2) is 4.16. The molecule has 4 heteroatoms. The summed E-state index contributed by atoms with van der Waals surface area (Å²) in [7, 11) is 0. The van der Waals surface area contributed by atoms with Crippen LogP contribution < -0.4 is 0 Å². The SMILES string of the molecule is O=CC(Cl)Cc1cncc(F)c1. The van der Waals surface area contributed by atoms with Crippen LogP contribution in [0, 0.1) is 5.82 Å². The minimum Gasteiger partial charge on any atom is -0.302 e. The van der Waals surface area contributed by atoms with Gasteiger partial charge in [-0.15, -0.1) is 11.6 Å². The quantitative estimate of drug-likeness (QED) is 0.531. The second-order valence-electron chi connectivity index (χ2n) is 2.37. The summed E-state index contributed by atoms with van der Waals surface area (Å²) < 4.78 is 12.5. The van der Waals surface area contributed by atoms with Gasteiger partial charge in [-0.1, -0.05) is 0 Å². The van der Waals surface area contributed by atoms with Gasteiger partial charge in [-0.3, -0.25) is 4.98 Å². The molecule has 0 aromatic carbocycles. The molecule has 1 aromatic rings. The molecule has 64 valence electrons. The molecule has 0 amide bonds. The molecular formula is C8H7ClFNO. The van der Waals surface area contributed by atoms with Gasteiger partial charge >= 0.3 is 0 Å². The van der Waals surface area contributed by atoms with Crippen LogP contribution in [0.15, 0.2) is 18.5 Å². The van der Waals surface area contributed by atoms with E-state index in [-0.39, 0.29) is 0 Å². The standard InChI is InChI=1S/C8H7ClFNO/c9-7(5-12)1-6-2-8(10)4-11-3-6/h2-5,7H,1H2. The van der Waals surface area contributed by atoms with E-state index in [1.807, 2.05) is 0 Å². The first-order chi connectivity index (χ1) is 5.72. The predicted octanol–water partition coefficient (Wildman–Crippen LogP) is 1.57. The number of carbonyl (C=O) groups is 1. The highest BCUT2D eigenvalue weighted by molar-refractivity contribution is 6.27. The highest BCUT2D eigenvalue weighted by atomic mass is 35.5. The Bertz CT molecular complexity index is 280. The molecule has 0 radical (unpaired) electrons. The van der Waals surface area contributed by atoms with E-state index in [1.54, 1.807) is 0 Å². The molecule has 1 atom stereocenters. The van der Waals surface area contributed by atoms with E-state index in [2.05, 4.69) is 4.98 Å². The molecule has 0 aliphatic carbocycles. The molecule has 0 fully saturated rings. The van der Waals surface area contributed by atoms with Gasteiger partial charge in [0.05, 0.1) is 11.6 Å². The maximum absolute atomic E-state index is 12.5. The predicted molar refractivity (Wildman–Crippen MR) is 43.6 cm³/mol. The molecule has 2 nitrogen and oxygen atoms in total. The summed E-state index contributed by atoms with van der Waals surface area (Å²) in [5.74, 6) is -0.415. The second-order valence-corrected chi connectivity index (χ2v) is 2.93. The number of pyridine rings is 1. The van der Waals surface area contributed by atoms with Crippen LogP contribution in [0.2, 0.25) is 0 Å². The maximum atomic E-state index is 12.5. The van der Waals surface area contributed by atoms with Gasteiger partial charge in [0, 0.05) is 6.20 Å². The number of rotatable bonds is 3. The summed E-state index contributed by atoms with van der Waals surface area (Å²) in [4.78, 5) is 13.8. The first-order valence-electron chi connectivity index (χ1n) is 3.41. The van der Waals surface area contributed by atoms with Gasteiger partial charge in [-0.05, 0) is 18.1 Å². The highest BCUT2D eigenvalue weighted by Gasteiger charge is 2.04. The van der Waals surface area contributed by atoms with Crippen LogP contribution in [-0.2, 0) is 11.2 Å². The number of hydrogen-bond donors (Lipinski definition) is 0. The van der Waals surface area contributed by atoms with E-state index in [4.69, 9.17) is 11.6 Å². The van der Waals surface area contributed by atoms with Crippen molar-refractivity contribution in [2.45, 2.75) is 11.8 Å². The number of alkyl halides is 1. The van der Waals surface area contributed by atoms with Gasteiger partial charge in [0.15, 0.2) is 0 Å². The summed E-state index contributed by atoms with van der Waals surface area (Å²) in [5.41, 5.74) is 0.627. The summed E-state index contributed by atoms with van der Waals surface area (Å²) in [5, 5.41) is -0.603. The highest BCUT2D eigenvalue weighted by Crippen LogP contribution is 2.06. The molecule has 1 heterocycles. The van der Waals surface area contributed by atoms with E-state index >= 15 is 0 Å². The molecule has 1 rings (SSSR count). The van der Waals surface area contributed by atoms with Crippen molar-refractivity contribution >= 4 is 17.9 Å². The molecule has 1 aromatic heterocycles. The van der Waals surface area contributed by atoms with E-state index < -0.39 is 11.2 Å². The van der Waals surface area contributed by atoms with Crippen molar-refractivity contribution < 1.29 is 9.18 Å². The fourth-order valence-electron chi connectivity index (χ4n) is 0.841. The number of nitrogens with zero attached hydrogens (tertiary/aromatic N) is 1. The van der Waals surface area contributed by atoms with Crippen molar-refractivity contribution in [1.82, 2.24) is 4.98 Å². The Morgan fingerprint density at radius 1 is 1.67 bits per heavy atom. The van der Waals surface area contributed by atoms with Crippen LogP contribution in [-0.4, -0.2) is 16.6 Å². The first-order valence-corrected chi connectivity index (χ1v) is 3.85. The van der Waals surface area contributed by atoms with Crippen LogP contribution in [0.5, 0.6) is 0 Å². The van der Waals surface area contributed by atoms with Gasteiger partial charge < -0.3 is 4.79 Å². The number of aldehydes is 1. The first kappa shape index (κ1) is 9.13. The zero-order valence-corrected chi connectivity index (χ0v) is 6.96. The van der Waals surface area contributed by atoms with Gasteiger partial charge in [-0.2, -0.15) is 0 Å². The van der Waals surface area contributed by atoms with Crippen LogP contribution in [0.4, 0.5) is 4.39 Å². The Balaban J connectivity index is 2.69. The van der Waals surface area contributed by atoms with Crippen molar-refractivity contribution in [2.24, 2.45) is 0 Å². The Hall–Kier alpha value is -0.960. The molecule has 0 spiro atoms. The molecule has 0 aliphatic rings. The van der Waals surface area contributed by atoms with Gasteiger partial charge in [0.2, 0.25) is 0 Å². The summed E-state index contributed by atoms with van der Waals surface area (Å²) in [6.45, 7) is 0. The molecular weight excluding hydrogens is 181 g/mol. The molecule has 12 heavy (non-hydrogen) atoms. The number of aromatic nitrogens is 1. The molecule has 0 N–H and O–H groups in total. The van der Waals surface area contributed by atoms with E-state index in [9.17, 15) is 9.18 Å². The lowest BCUT2D eigenvalue weighted by Crippen LogP contribution is -2.04. The van der Waals surface area contributed by atoms with Crippen molar-refractivity contribution in [3.05, 3.63) is 29.8 Å². The van der Waals surface area contributed by atoms with Gasteiger partial charge in [0.1, 0.15) is 12.1 Å². The van der Waals surface area contributed by atoms with Crippen molar-refractivity contribution in [3.8, 4) is 0 Å².